The average molecular weight is 391 g/mol. The van der Waals surface area contributed by atoms with E-state index in [4.69, 9.17) is 0 Å². The molecule has 1 aliphatic rings. The quantitative estimate of drug-likeness (QED) is 0.550. The molecule has 1 aliphatic carbocycles. The van der Waals surface area contributed by atoms with E-state index in [9.17, 15) is 5.11 Å². The third-order valence-electron chi connectivity index (χ3n) is 6.72. The highest BCUT2D eigenvalue weighted by atomic mass is 32.2. The topological polar surface area (TPSA) is 20.2 Å². The van der Waals surface area contributed by atoms with Gasteiger partial charge in [0.25, 0.3) is 0 Å². The summed E-state index contributed by atoms with van der Waals surface area (Å²) in [6.45, 7) is 15.9. The minimum atomic E-state index is -0.0367. The highest BCUT2D eigenvalue weighted by Crippen LogP contribution is 2.43. The molecule has 154 valence electrons. The van der Waals surface area contributed by atoms with Crippen molar-refractivity contribution in [2.75, 3.05) is 0 Å². The van der Waals surface area contributed by atoms with Crippen LogP contribution in [-0.2, 0) is 16.6 Å². The van der Waals surface area contributed by atoms with Crippen molar-refractivity contribution in [3.05, 3.63) is 28.8 Å². The van der Waals surface area contributed by atoms with Gasteiger partial charge in [0.15, 0.2) is 0 Å². The number of aromatic hydroxyl groups is 1. The normalized spacial score (nSPS) is 17.8. The second-order valence-corrected chi connectivity index (χ2v) is 11.7. The Balaban J connectivity index is 2.31. The summed E-state index contributed by atoms with van der Waals surface area (Å²) in [4.78, 5) is 0. The molecule has 0 aliphatic heterocycles. The van der Waals surface area contributed by atoms with Gasteiger partial charge in [-0.3, -0.25) is 0 Å². The van der Waals surface area contributed by atoms with E-state index < -0.39 is 0 Å². The number of phenolic OH excluding ortho intramolecular Hbond substituents is 1. The molecule has 2 rings (SSSR count). The molecule has 0 spiro atoms. The summed E-state index contributed by atoms with van der Waals surface area (Å²) >= 11 is 2.07. The van der Waals surface area contributed by atoms with Gasteiger partial charge in [-0.05, 0) is 35.2 Å². The van der Waals surface area contributed by atoms with Gasteiger partial charge in [0.05, 0.1) is 0 Å². The van der Waals surface area contributed by atoms with Crippen molar-refractivity contribution in [2.24, 2.45) is 5.92 Å². The zero-order valence-electron chi connectivity index (χ0n) is 18.8. The average Bonchev–Trinajstić information content (AvgIpc) is 2.53. The molecule has 2 heteroatoms. The van der Waals surface area contributed by atoms with Crippen LogP contribution in [0.3, 0.4) is 0 Å². The van der Waals surface area contributed by atoms with Crippen LogP contribution in [0.1, 0.15) is 110 Å². The maximum atomic E-state index is 11.2. The van der Waals surface area contributed by atoms with Gasteiger partial charge in [0.1, 0.15) is 5.75 Å². The van der Waals surface area contributed by atoms with Crippen LogP contribution in [0.15, 0.2) is 12.1 Å². The SMILES string of the molecule is CC(C)C(C)(C)c1cc(C(C)(C)C)cc(CSC2CCCCCCC2)c1O. The predicted molar refractivity (Wildman–Crippen MR) is 122 cm³/mol. The molecule has 1 aromatic rings. The monoisotopic (exact) mass is 390 g/mol. The summed E-state index contributed by atoms with van der Waals surface area (Å²) in [6, 6.07) is 4.53. The summed E-state index contributed by atoms with van der Waals surface area (Å²) in [5.41, 5.74) is 3.66. The van der Waals surface area contributed by atoms with Gasteiger partial charge in [0.2, 0.25) is 0 Å². The lowest BCUT2D eigenvalue weighted by molar-refractivity contribution is 0.349. The first-order chi connectivity index (χ1) is 12.5. The molecule has 1 fully saturated rings. The van der Waals surface area contributed by atoms with Gasteiger partial charge in [-0.15, -0.1) is 0 Å². The van der Waals surface area contributed by atoms with Crippen LogP contribution < -0.4 is 0 Å². The van der Waals surface area contributed by atoms with E-state index in [1.807, 2.05) is 0 Å². The molecule has 1 nitrogen and oxygen atoms in total. The minimum absolute atomic E-state index is 0.0367. The smallest absolute Gasteiger partial charge is 0.123 e. The van der Waals surface area contributed by atoms with Crippen molar-refractivity contribution in [1.29, 1.82) is 0 Å². The number of hydrogen-bond donors (Lipinski definition) is 1. The summed E-state index contributed by atoms with van der Waals surface area (Å²) < 4.78 is 0. The molecule has 0 aromatic heterocycles. The fraction of sp³-hybridized carbons (Fsp3) is 0.760. The number of phenols is 1. The first-order valence-corrected chi connectivity index (χ1v) is 12.1. The van der Waals surface area contributed by atoms with Crippen molar-refractivity contribution < 1.29 is 5.11 Å². The van der Waals surface area contributed by atoms with Crippen LogP contribution in [0.5, 0.6) is 5.75 Å². The van der Waals surface area contributed by atoms with Gasteiger partial charge >= 0.3 is 0 Å². The van der Waals surface area contributed by atoms with E-state index in [-0.39, 0.29) is 10.8 Å². The van der Waals surface area contributed by atoms with Gasteiger partial charge in [-0.1, -0.05) is 92.7 Å². The van der Waals surface area contributed by atoms with E-state index in [1.165, 1.54) is 50.5 Å². The first kappa shape index (κ1) is 22.7. The fourth-order valence-electron chi connectivity index (χ4n) is 3.83. The maximum absolute atomic E-state index is 11.2. The highest BCUT2D eigenvalue weighted by molar-refractivity contribution is 7.99. The van der Waals surface area contributed by atoms with E-state index in [0.717, 1.165) is 22.1 Å². The van der Waals surface area contributed by atoms with Crippen molar-refractivity contribution in [3.63, 3.8) is 0 Å². The van der Waals surface area contributed by atoms with Crippen LogP contribution in [0.4, 0.5) is 0 Å². The van der Waals surface area contributed by atoms with Gasteiger partial charge < -0.3 is 5.11 Å². The highest BCUT2D eigenvalue weighted by Gasteiger charge is 2.31. The lowest BCUT2D eigenvalue weighted by Crippen LogP contribution is -2.26. The largest absolute Gasteiger partial charge is 0.507 e. The summed E-state index contributed by atoms with van der Waals surface area (Å²) in [7, 11) is 0. The van der Waals surface area contributed by atoms with Crippen molar-refractivity contribution in [1.82, 2.24) is 0 Å². The lowest BCUT2D eigenvalue weighted by Gasteiger charge is -2.33. The Kier molecular flexibility index (Phi) is 7.76. The van der Waals surface area contributed by atoms with E-state index >= 15 is 0 Å². The molecule has 27 heavy (non-hydrogen) atoms. The Hall–Kier alpha value is -0.630. The second-order valence-electron chi connectivity index (χ2n) is 10.4. The Bertz CT molecular complexity index is 601. The minimum Gasteiger partial charge on any atom is -0.507 e. The van der Waals surface area contributed by atoms with E-state index in [1.54, 1.807) is 0 Å². The van der Waals surface area contributed by atoms with Crippen LogP contribution in [0, 0.1) is 5.92 Å². The number of rotatable bonds is 5. The van der Waals surface area contributed by atoms with E-state index in [2.05, 4.69) is 72.4 Å². The summed E-state index contributed by atoms with van der Waals surface area (Å²) in [5.74, 6) is 1.95. The number of thioether (sulfide) groups is 1. The Morgan fingerprint density at radius 3 is 2.04 bits per heavy atom. The molecule has 0 heterocycles. The van der Waals surface area contributed by atoms with E-state index in [0.29, 0.717) is 11.7 Å². The van der Waals surface area contributed by atoms with Gasteiger partial charge in [0, 0.05) is 22.1 Å². The Morgan fingerprint density at radius 1 is 0.963 bits per heavy atom. The zero-order chi connectivity index (χ0) is 20.2. The maximum Gasteiger partial charge on any atom is 0.123 e. The molecular formula is C25H42OS. The molecule has 0 amide bonds. The summed E-state index contributed by atoms with van der Waals surface area (Å²) in [6.07, 6.45) is 9.64. The zero-order valence-corrected chi connectivity index (χ0v) is 19.6. The standard InChI is InChI=1S/C25H42OS/c1-18(2)25(6,7)22-16-20(24(3,4)5)15-19(23(22)26)17-27-21-13-11-9-8-10-12-14-21/h15-16,18,21,26H,8-14,17H2,1-7H3. The predicted octanol–water partition coefficient (Wildman–Crippen LogP) is 7.97. The molecule has 1 aromatic carbocycles. The van der Waals surface area contributed by atoms with Crippen molar-refractivity contribution in [3.8, 4) is 5.75 Å². The van der Waals surface area contributed by atoms with Crippen molar-refractivity contribution in [2.45, 2.75) is 115 Å². The van der Waals surface area contributed by atoms with Gasteiger partial charge in [-0.2, -0.15) is 11.8 Å². The Morgan fingerprint density at radius 2 is 1.52 bits per heavy atom. The molecule has 1 saturated carbocycles. The molecule has 0 saturated heterocycles. The third kappa shape index (κ3) is 5.92. The number of benzene rings is 1. The van der Waals surface area contributed by atoms with Crippen LogP contribution >= 0.6 is 11.8 Å². The molecule has 0 radical (unpaired) electrons. The third-order valence-corrected chi connectivity index (χ3v) is 8.14. The molecular weight excluding hydrogens is 348 g/mol. The Labute approximate surface area is 172 Å². The van der Waals surface area contributed by atoms with Crippen LogP contribution in [0.25, 0.3) is 0 Å². The molecule has 0 bridgehead atoms. The molecule has 1 N–H and O–H groups in total. The van der Waals surface area contributed by atoms with Crippen LogP contribution in [0.2, 0.25) is 0 Å². The lowest BCUT2D eigenvalue weighted by atomic mass is 9.72. The summed E-state index contributed by atoms with van der Waals surface area (Å²) in [5, 5.41) is 11.9. The fourth-order valence-corrected chi connectivity index (χ4v) is 5.13. The first-order valence-electron chi connectivity index (χ1n) is 11.0. The number of hydrogen-bond acceptors (Lipinski definition) is 2. The molecule has 0 atom stereocenters. The van der Waals surface area contributed by atoms with Crippen LogP contribution in [-0.4, -0.2) is 10.4 Å². The second kappa shape index (κ2) is 9.25. The van der Waals surface area contributed by atoms with Crippen molar-refractivity contribution >= 4 is 11.8 Å². The molecule has 0 unspecified atom stereocenters. The van der Waals surface area contributed by atoms with Gasteiger partial charge in [-0.25, -0.2) is 0 Å².